The minimum Gasteiger partial charge on any atom is -0.462 e. The van der Waals surface area contributed by atoms with E-state index in [1.54, 1.807) is 4.90 Å². The van der Waals surface area contributed by atoms with Crippen molar-refractivity contribution < 1.29 is 32.3 Å². The van der Waals surface area contributed by atoms with E-state index in [1.807, 2.05) is 11.6 Å². The van der Waals surface area contributed by atoms with Gasteiger partial charge in [-0.2, -0.15) is 9.40 Å². The molecule has 3 aliphatic rings. The number of amides is 2. The summed E-state index contributed by atoms with van der Waals surface area (Å²) in [6, 6.07) is 5.72. The number of esters is 1. The van der Waals surface area contributed by atoms with Crippen LogP contribution in [-0.2, 0) is 43.7 Å². The van der Waals surface area contributed by atoms with Crippen molar-refractivity contribution in [3.8, 4) is 0 Å². The van der Waals surface area contributed by atoms with Gasteiger partial charge in [0.05, 0.1) is 34.0 Å². The fraction of sp³-hybridized carbons (Fsp3) is 0.586. The highest BCUT2D eigenvalue weighted by atomic mass is 32.2. The van der Waals surface area contributed by atoms with Gasteiger partial charge in [-0.1, -0.05) is 6.92 Å². The van der Waals surface area contributed by atoms with Gasteiger partial charge in [0.2, 0.25) is 15.9 Å². The van der Waals surface area contributed by atoms with Crippen LogP contribution in [0.5, 0.6) is 0 Å². The molecule has 2 saturated heterocycles. The maximum atomic E-state index is 13.0. The third-order valence-corrected chi connectivity index (χ3v) is 10.5. The second-order valence-corrected chi connectivity index (χ2v) is 13.2. The van der Waals surface area contributed by atoms with Gasteiger partial charge in [0, 0.05) is 65.8 Å². The summed E-state index contributed by atoms with van der Waals surface area (Å²) in [6.07, 6.45) is 3.67. The Morgan fingerprint density at radius 3 is 2.43 bits per heavy atom. The summed E-state index contributed by atoms with van der Waals surface area (Å²) in [5, 5.41) is 7.86. The third kappa shape index (κ3) is 6.23. The lowest BCUT2D eigenvalue weighted by molar-refractivity contribution is -0.129. The van der Waals surface area contributed by atoms with Gasteiger partial charge in [-0.25, -0.2) is 13.2 Å². The molecular formula is C29H39N5O7S. The predicted octanol–water partition coefficient (Wildman–Crippen LogP) is 1.63. The Kier molecular flexibility index (Phi) is 9.00. The van der Waals surface area contributed by atoms with Gasteiger partial charge in [-0.15, -0.1) is 0 Å². The van der Waals surface area contributed by atoms with Crippen molar-refractivity contribution in [2.24, 2.45) is 5.41 Å². The van der Waals surface area contributed by atoms with Crippen molar-refractivity contribution in [2.45, 2.75) is 57.4 Å². The summed E-state index contributed by atoms with van der Waals surface area (Å²) < 4.78 is 40.4. The molecule has 228 valence electrons. The third-order valence-electron chi connectivity index (χ3n) is 8.57. The highest BCUT2D eigenvalue weighted by Crippen LogP contribution is 2.37. The van der Waals surface area contributed by atoms with Crippen molar-refractivity contribution in [1.82, 2.24) is 24.3 Å². The van der Waals surface area contributed by atoms with Crippen LogP contribution in [-0.4, -0.2) is 97.7 Å². The predicted molar refractivity (Wildman–Crippen MR) is 152 cm³/mol. The molecule has 2 aromatic rings. The maximum Gasteiger partial charge on any atom is 0.338 e. The number of piperazine rings is 1. The SMILES string of the molecule is CCc1nn(CCCOC(=O)c2ccc(S(=O)(=O)N3CCN(C(C)=O)CC3)cc2)c2c1C(=O)NCC1(CCOCC1)C2. The average molecular weight is 602 g/mol. The van der Waals surface area contributed by atoms with Crippen LogP contribution < -0.4 is 5.32 Å². The molecule has 2 amide bonds. The van der Waals surface area contributed by atoms with E-state index in [-0.39, 0.29) is 47.4 Å². The van der Waals surface area contributed by atoms with Crippen molar-refractivity contribution in [3.05, 3.63) is 46.8 Å². The Balaban J connectivity index is 1.17. The lowest BCUT2D eigenvalue weighted by Gasteiger charge is -2.36. The number of aryl methyl sites for hydroxylation is 2. The van der Waals surface area contributed by atoms with E-state index in [9.17, 15) is 22.8 Å². The number of ether oxygens (including phenoxy) is 2. The molecule has 1 aromatic carbocycles. The zero-order valence-electron chi connectivity index (χ0n) is 24.3. The molecule has 0 bridgehead atoms. The number of nitrogens with one attached hydrogen (secondary N) is 1. The number of sulfonamides is 1. The maximum absolute atomic E-state index is 13.0. The number of carbonyl (C=O) groups excluding carboxylic acids is 3. The smallest absolute Gasteiger partial charge is 0.338 e. The molecule has 12 nitrogen and oxygen atoms in total. The molecule has 0 saturated carbocycles. The molecule has 5 rings (SSSR count). The molecule has 0 radical (unpaired) electrons. The highest BCUT2D eigenvalue weighted by molar-refractivity contribution is 7.89. The molecule has 4 heterocycles. The fourth-order valence-corrected chi connectivity index (χ4v) is 7.40. The van der Waals surface area contributed by atoms with Gasteiger partial charge in [0.1, 0.15) is 0 Å². The molecular weight excluding hydrogens is 562 g/mol. The van der Waals surface area contributed by atoms with E-state index >= 15 is 0 Å². The Hall–Kier alpha value is -3.29. The number of nitrogens with zero attached hydrogens (tertiary/aromatic N) is 4. The Morgan fingerprint density at radius 2 is 1.79 bits per heavy atom. The Labute approximate surface area is 246 Å². The van der Waals surface area contributed by atoms with Gasteiger partial charge < -0.3 is 19.7 Å². The summed E-state index contributed by atoms with van der Waals surface area (Å²) in [6.45, 7) is 7.26. The molecule has 1 N–H and O–H groups in total. The van der Waals surface area contributed by atoms with Crippen molar-refractivity contribution >= 4 is 27.8 Å². The first-order chi connectivity index (χ1) is 20.1. The van der Waals surface area contributed by atoms with Gasteiger partial charge in [0.15, 0.2) is 0 Å². The zero-order valence-corrected chi connectivity index (χ0v) is 25.1. The van der Waals surface area contributed by atoms with Crippen LogP contribution in [0.1, 0.15) is 65.2 Å². The summed E-state index contributed by atoms with van der Waals surface area (Å²) in [5.41, 5.74) is 2.61. The largest absolute Gasteiger partial charge is 0.462 e. The number of benzene rings is 1. The summed E-state index contributed by atoms with van der Waals surface area (Å²) in [4.78, 5) is 38.9. The molecule has 0 atom stereocenters. The quantitative estimate of drug-likeness (QED) is 0.356. The first-order valence-corrected chi connectivity index (χ1v) is 16.0. The summed E-state index contributed by atoms with van der Waals surface area (Å²) >= 11 is 0. The molecule has 1 spiro atoms. The van der Waals surface area contributed by atoms with Crippen LogP contribution in [0, 0.1) is 5.41 Å². The summed E-state index contributed by atoms with van der Waals surface area (Å²) in [7, 11) is -3.73. The minimum absolute atomic E-state index is 0.0447. The van der Waals surface area contributed by atoms with Crippen molar-refractivity contribution in [2.75, 3.05) is 52.5 Å². The van der Waals surface area contributed by atoms with E-state index in [0.29, 0.717) is 57.8 Å². The first-order valence-electron chi connectivity index (χ1n) is 14.6. The van der Waals surface area contributed by atoms with Gasteiger partial charge in [0.25, 0.3) is 5.91 Å². The zero-order chi connectivity index (χ0) is 29.9. The highest BCUT2D eigenvalue weighted by Gasteiger charge is 2.39. The lowest BCUT2D eigenvalue weighted by atomic mass is 9.76. The van der Waals surface area contributed by atoms with Gasteiger partial charge in [-0.05, 0) is 55.4 Å². The second-order valence-electron chi connectivity index (χ2n) is 11.2. The molecule has 3 aliphatic heterocycles. The van der Waals surface area contributed by atoms with Crippen molar-refractivity contribution in [1.29, 1.82) is 0 Å². The van der Waals surface area contributed by atoms with E-state index in [0.717, 1.165) is 30.7 Å². The van der Waals surface area contributed by atoms with Crippen molar-refractivity contribution in [3.63, 3.8) is 0 Å². The van der Waals surface area contributed by atoms with Crippen LogP contribution in [0.15, 0.2) is 29.2 Å². The Morgan fingerprint density at radius 1 is 1.10 bits per heavy atom. The van der Waals surface area contributed by atoms with Gasteiger partial charge in [-0.3, -0.25) is 14.3 Å². The normalized spacial score (nSPS) is 19.2. The monoisotopic (exact) mass is 601 g/mol. The van der Waals surface area contributed by atoms with Gasteiger partial charge >= 0.3 is 5.97 Å². The number of aromatic nitrogens is 2. The average Bonchev–Trinajstić information content (AvgIpc) is 3.28. The Bertz CT molecular complexity index is 1420. The van der Waals surface area contributed by atoms with E-state index < -0.39 is 16.0 Å². The number of rotatable bonds is 8. The standard InChI is InChI=1S/C29H39N5O7S/c1-3-24-26-25(19-29(20-30-27(26)36)9-17-40-18-10-29)34(31-24)11-4-16-41-28(37)22-5-7-23(8-6-22)42(38,39)33-14-12-32(13-15-33)21(2)35/h5-8H,3-4,9-20H2,1-2H3,(H,30,36). The minimum atomic E-state index is -3.73. The second kappa shape index (κ2) is 12.5. The summed E-state index contributed by atoms with van der Waals surface area (Å²) in [5.74, 6) is -0.689. The molecule has 0 aliphatic carbocycles. The van der Waals surface area contributed by atoms with Crippen LogP contribution >= 0.6 is 0 Å². The van der Waals surface area contributed by atoms with Crippen LogP contribution in [0.2, 0.25) is 0 Å². The van der Waals surface area contributed by atoms with E-state index in [2.05, 4.69) is 5.32 Å². The molecule has 2 fully saturated rings. The molecule has 13 heteroatoms. The van der Waals surface area contributed by atoms with Crippen LogP contribution in [0.25, 0.3) is 0 Å². The molecule has 42 heavy (non-hydrogen) atoms. The topological polar surface area (TPSA) is 140 Å². The first kappa shape index (κ1) is 30.2. The lowest BCUT2D eigenvalue weighted by Crippen LogP contribution is -2.49. The number of hydrogen-bond acceptors (Lipinski definition) is 8. The number of carbonyl (C=O) groups is 3. The van der Waals surface area contributed by atoms with E-state index in [4.69, 9.17) is 14.6 Å². The van der Waals surface area contributed by atoms with Crippen LogP contribution in [0.4, 0.5) is 0 Å². The van der Waals surface area contributed by atoms with Crippen LogP contribution in [0.3, 0.4) is 0 Å². The number of hydrogen-bond donors (Lipinski definition) is 1. The molecule has 0 unspecified atom stereocenters. The fourth-order valence-electron chi connectivity index (χ4n) is 5.98. The molecule has 1 aromatic heterocycles. The number of fused-ring (bicyclic) bond motifs is 1. The van der Waals surface area contributed by atoms with E-state index in [1.165, 1.54) is 35.5 Å².